The molecule has 2 rings (SSSR count). The van der Waals surface area contributed by atoms with E-state index in [9.17, 15) is 0 Å². The van der Waals surface area contributed by atoms with Crippen molar-refractivity contribution in [3.05, 3.63) is 18.5 Å². The maximum atomic E-state index is 5.35. The second-order valence-electron chi connectivity index (χ2n) is 2.00. The van der Waals surface area contributed by atoms with E-state index in [1.165, 1.54) is 0 Å². The second kappa shape index (κ2) is 1.70. The van der Waals surface area contributed by atoms with E-state index in [1.807, 2.05) is 6.07 Å². The van der Waals surface area contributed by atoms with Crippen molar-refractivity contribution in [2.24, 2.45) is 0 Å². The molecule has 10 heavy (non-hydrogen) atoms. The zero-order valence-corrected chi connectivity index (χ0v) is 5.20. The normalized spacial score (nSPS) is 10.4. The fourth-order valence-corrected chi connectivity index (χ4v) is 0.858. The minimum atomic E-state index is 0.312. The summed E-state index contributed by atoms with van der Waals surface area (Å²) in [5.74, 6) is 0.312. The van der Waals surface area contributed by atoms with E-state index >= 15 is 0 Å². The fraction of sp³-hybridized carbons (Fsp3) is 0. The summed E-state index contributed by atoms with van der Waals surface area (Å²) in [5, 5.41) is 0. The highest BCUT2D eigenvalue weighted by atomic mass is 15.0. The van der Waals surface area contributed by atoms with Crippen LogP contribution in [0.4, 0.5) is 5.95 Å². The van der Waals surface area contributed by atoms with E-state index in [2.05, 4.69) is 15.0 Å². The van der Waals surface area contributed by atoms with Crippen LogP contribution in [0.5, 0.6) is 0 Å². The van der Waals surface area contributed by atoms with Crippen molar-refractivity contribution in [3.8, 4) is 0 Å². The maximum absolute atomic E-state index is 5.35. The molecule has 3 N–H and O–H groups in total. The average molecular weight is 134 g/mol. The first kappa shape index (κ1) is 5.22. The molecule has 0 unspecified atom stereocenters. The maximum Gasteiger partial charge on any atom is 0.220 e. The molecule has 2 aromatic heterocycles. The Morgan fingerprint density at radius 1 is 1.50 bits per heavy atom. The lowest BCUT2D eigenvalue weighted by atomic mass is 10.5. The van der Waals surface area contributed by atoms with E-state index < -0.39 is 0 Å². The number of fused-ring (bicyclic) bond motifs is 1. The first-order valence-electron chi connectivity index (χ1n) is 2.92. The van der Waals surface area contributed by atoms with E-state index in [1.54, 1.807) is 12.4 Å². The third kappa shape index (κ3) is 0.621. The van der Waals surface area contributed by atoms with Gasteiger partial charge in [-0.3, -0.25) is 0 Å². The highest BCUT2D eigenvalue weighted by molar-refractivity contribution is 5.74. The van der Waals surface area contributed by atoms with Crippen LogP contribution in [-0.2, 0) is 0 Å². The SMILES string of the molecule is Nc1ncc2[nH]ccc2n1. The van der Waals surface area contributed by atoms with Crippen molar-refractivity contribution >= 4 is 17.0 Å². The van der Waals surface area contributed by atoms with Gasteiger partial charge >= 0.3 is 0 Å². The highest BCUT2D eigenvalue weighted by Gasteiger charge is 1.94. The van der Waals surface area contributed by atoms with Gasteiger partial charge in [-0.15, -0.1) is 0 Å². The number of hydrogen-bond acceptors (Lipinski definition) is 3. The Balaban J connectivity index is 2.86. The number of rotatable bonds is 0. The first-order valence-corrected chi connectivity index (χ1v) is 2.92. The predicted molar refractivity (Wildman–Crippen MR) is 38.3 cm³/mol. The van der Waals surface area contributed by atoms with Gasteiger partial charge in [-0.1, -0.05) is 0 Å². The number of nitrogens with two attached hydrogens (primary N) is 1. The number of nitrogens with one attached hydrogen (secondary N) is 1. The van der Waals surface area contributed by atoms with Gasteiger partial charge in [-0.2, -0.15) is 0 Å². The Hall–Kier alpha value is -1.58. The minimum absolute atomic E-state index is 0.312. The van der Waals surface area contributed by atoms with Crippen LogP contribution in [-0.4, -0.2) is 15.0 Å². The summed E-state index contributed by atoms with van der Waals surface area (Å²) >= 11 is 0. The number of anilines is 1. The van der Waals surface area contributed by atoms with Crippen molar-refractivity contribution in [1.82, 2.24) is 15.0 Å². The van der Waals surface area contributed by atoms with Crippen molar-refractivity contribution in [2.75, 3.05) is 5.73 Å². The summed E-state index contributed by atoms with van der Waals surface area (Å²) in [6.45, 7) is 0. The van der Waals surface area contributed by atoms with Crippen LogP contribution in [0, 0.1) is 0 Å². The number of nitrogen functional groups attached to an aromatic ring is 1. The van der Waals surface area contributed by atoms with Crippen molar-refractivity contribution in [2.45, 2.75) is 0 Å². The lowest BCUT2D eigenvalue weighted by molar-refractivity contribution is 1.23. The predicted octanol–water partition coefficient (Wildman–Crippen LogP) is 0.540. The van der Waals surface area contributed by atoms with Gasteiger partial charge in [0.25, 0.3) is 0 Å². The molecule has 0 spiro atoms. The Labute approximate surface area is 57.1 Å². The molecule has 0 atom stereocenters. The molecule has 0 saturated carbocycles. The van der Waals surface area contributed by atoms with Crippen LogP contribution in [0.3, 0.4) is 0 Å². The van der Waals surface area contributed by atoms with Gasteiger partial charge in [0.15, 0.2) is 0 Å². The Bertz CT molecular complexity index is 351. The van der Waals surface area contributed by atoms with E-state index in [4.69, 9.17) is 5.73 Å². The summed E-state index contributed by atoms with van der Waals surface area (Å²) < 4.78 is 0. The molecule has 0 radical (unpaired) electrons. The molecule has 0 bridgehead atoms. The fourth-order valence-electron chi connectivity index (χ4n) is 0.858. The number of aromatic nitrogens is 3. The summed E-state index contributed by atoms with van der Waals surface area (Å²) in [5.41, 5.74) is 7.11. The molecular weight excluding hydrogens is 128 g/mol. The van der Waals surface area contributed by atoms with Gasteiger partial charge in [0, 0.05) is 6.20 Å². The first-order chi connectivity index (χ1) is 4.86. The number of nitrogens with zero attached hydrogens (tertiary/aromatic N) is 2. The molecule has 0 aliphatic rings. The number of aromatic amines is 1. The standard InChI is InChI=1S/C6H6N4/c7-6-9-3-5-4(10-6)1-2-8-5/h1-3,8H,(H2,7,9,10). The van der Waals surface area contributed by atoms with Crippen LogP contribution in [0.25, 0.3) is 11.0 Å². The van der Waals surface area contributed by atoms with Crippen LogP contribution < -0.4 is 5.73 Å². The summed E-state index contributed by atoms with van der Waals surface area (Å²) in [6.07, 6.45) is 3.47. The second-order valence-corrected chi connectivity index (χ2v) is 2.00. The van der Waals surface area contributed by atoms with Gasteiger partial charge < -0.3 is 10.7 Å². The third-order valence-corrected chi connectivity index (χ3v) is 1.32. The minimum Gasteiger partial charge on any atom is -0.368 e. The van der Waals surface area contributed by atoms with Gasteiger partial charge in [-0.05, 0) is 6.07 Å². The molecule has 0 fully saturated rings. The average Bonchev–Trinajstić information content (AvgIpc) is 2.33. The largest absolute Gasteiger partial charge is 0.368 e. The van der Waals surface area contributed by atoms with Gasteiger partial charge in [0.2, 0.25) is 5.95 Å². The van der Waals surface area contributed by atoms with Gasteiger partial charge in [0.05, 0.1) is 17.2 Å². The lowest BCUT2D eigenvalue weighted by Gasteiger charge is -1.88. The summed E-state index contributed by atoms with van der Waals surface area (Å²) in [7, 11) is 0. The topological polar surface area (TPSA) is 67.6 Å². The van der Waals surface area contributed by atoms with Crippen molar-refractivity contribution in [3.63, 3.8) is 0 Å². The van der Waals surface area contributed by atoms with Gasteiger partial charge in [0.1, 0.15) is 0 Å². The van der Waals surface area contributed by atoms with Crippen molar-refractivity contribution in [1.29, 1.82) is 0 Å². The molecule has 0 aromatic carbocycles. The molecular formula is C6H6N4. The highest BCUT2D eigenvalue weighted by Crippen LogP contribution is 2.07. The Morgan fingerprint density at radius 3 is 3.30 bits per heavy atom. The Kier molecular flexibility index (Phi) is 0.887. The molecule has 50 valence electrons. The molecule has 2 aromatic rings. The zero-order chi connectivity index (χ0) is 6.97. The van der Waals surface area contributed by atoms with E-state index in [-0.39, 0.29) is 0 Å². The summed E-state index contributed by atoms with van der Waals surface area (Å²) in [6, 6.07) is 1.85. The van der Waals surface area contributed by atoms with Gasteiger partial charge in [-0.25, -0.2) is 9.97 Å². The number of hydrogen-bond donors (Lipinski definition) is 2. The van der Waals surface area contributed by atoms with Crippen molar-refractivity contribution < 1.29 is 0 Å². The monoisotopic (exact) mass is 134 g/mol. The van der Waals surface area contributed by atoms with E-state index in [0.29, 0.717) is 5.95 Å². The third-order valence-electron chi connectivity index (χ3n) is 1.32. The quantitative estimate of drug-likeness (QED) is 0.552. The molecule has 4 heteroatoms. The van der Waals surface area contributed by atoms with Crippen LogP contribution in [0.1, 0.15) is 0 Å². The molecule has 0 aliphatic heterocycles. The van der Waals surface area contributed by atoms with E-state index in [0.717, 1.165) is 11.0 Å². The molecule has 0 amide bonds. The zero-order valence-electron chi connectivity index (χ0n) is 5.20. The van der Waals surface area contributed by atoms with Crippen LogP contribution in [0.15, 0.2) is 18.5 Å². The molecule has 0 saturated heterocycles. The molecule has 4 nitrogen and oxygen atoms in total. The lowest BCUT2D eigenvalue weighted by Crippen LogP contribution is -1.92. The smallest absolute Gasteiger partial charge is 0.220 e. The summed E-state index contributed by atoms with van der Waals surface area (Å²) in [4.78, 5) is 10.8. The molecule has 0 aliphatic carbocycles. The van der Waals surface area contributed by atoms with Crippen LogP contribution in [0.2, 0.25) is 0 Å². The van der Waals surface area contributed by atoms with Crippen LogP contribution >= 0.6 is 0 Å². The Morgan fingerprint density at radius 2 is 2.40 bits per heavy atom. The number of H-pyrrole nitrogens is 1. The molecule has 2 heterocycles.